The van der Waals surface area contributed by atoms with E-state index < -0.39 is 0 Å². The summed E-state index contributed by atoms with van der Waals surface area (Å²) in [5.41, 5.74) is 2.58. The monoisotopic (exact) mass is 414 g/mol. The number of ether oxygens (including phenoxy) is 1. The Morgan fingerprint density at radius 2 is 2.17 bits per heavy atom. The normalized spacial score (nSPS) is 10.5. The molecular formula is C16H20BrClN4O2. The molecule has 1 aromatic carbocycles. The van der Waals surface area contributed by atoms with Gasteiger partial charge in [0.15, 0.2) is 0 Å². The Morgan fingerprint density at radius 3 is 2.79 bits per heavy atom. The van der Waals surface area contributed by atoms with E-state index in [9.17, 15) is 4.79 Å². The molecule has 0 atom stereocenters. The zero-order valence-corrected chi connectivity index (χ0v) is 16.2. The van der Waals surface area contributed by atoms with Crippen LogP contribution in [-0.4, -0.2) is 29.5 Å². The molecule has 2 N–H and O–H groups in total. The van der Waals surface area contributed by atoms with Crippen molar-refractivity contribution in [1.29, 1.82) is 0 Å². The molecule has 6 nitrogen and oxygen atoms in total. The highest BCUT2D eigenvalue weighted by Crippen LogP contribution is 2.27. The number of aryl methyl sites for hydroxylation is 2. The minimum Gasteiger partial charge on any atom is -0.495 e. The third kappa shape index (κ3) is 4.64. The van der Waals surface area contributed by atoms with Gasteiger partial charge < -0.3 is 15.4 Å². The van der Waals surface area contributed by atoms with E-state index in [1.165, 1.54) is 0 Å². The Kier molecular flexibility index (Phi) is 6.51. The predicted molar refractivity (Wildman–Crippen MR) is 99.0 cm³/mol. The number of methoxy groups -OCH3 is 1. The van der Waals surface area contributed by atoms with Crippen LogP contribution in [-0.2, 0) is 6.54 Å². The van der Waals surface area contributed by atoms with E-state index in [4.69, 9.17) is 16.3 Å². The summed E-state index contributed by atoms with van der Waals surface area (Å²) >= 11 is 9.44. The van der Waals surface area contributed by atoms with Gasteiger partial charge in [-0.2, -0.15) is 5.10 Å². The van der Waals surface area contributed by atoms with Gasteiger partial charge in [0, 0.05) is 23.8 Å². The number of amides is 2. The molecule has 0 spiro atoms. The Balaban J connectivity index is 1.81. The SMILES string of the molecule is COc1ccc(Cl)cc1NC(=O)NCCCn1nc(C)c(Br)c1C. The van der Waals surface area contributed by atoms with E-state index >= 15 is 0 Å². The third-order valence-electron chi connectivity index (χ3n) is 3.54. The number of nitrogens with one attached hydrogen (secondary N) is 2. The highest BCUT2D eigenvalue weighted by atomic mass is 79.9. The van der Waals surface area contributed by atoms with E-state index in [2.05, 4.69) is 31.7 Å². The number of hydrogen-bond donors (Lipinski definition) is 2. The van der Waals surface area contributed by atoms with Gasteiger partial charge in [-0.25, -0.2) is 4.79 Å². The molecule has 1 heterocycles. The maximum absolute atomic E-state index is 12.0. The maximum atomic E-state index is 12.0. The average Bonchev–Trinajstić information content (AvgIpc) is 2.79. The Bertz CT molecular complexity index is 733. The molecule has 130 valence electrons. The van der Waals surface area contributed by atoms with Crippen molar-refractivity contribution in [2.45, 2.75) is 26.8 Å². The molecule has 24 heavy (non-hydrogen) atoms. The van der Waals surface area contributed by atoms with E-state index in [1.807, 2.05) is 18.5 Å². The fourth-order valence-electron chi connectivity index (χ4n) is 2.27. The molecule has 2 amide bonds. The summed E-state index contributed by atoms with van der Waals surface area (Å²) in [5, 5.41) is 10.5. The summed E-state index contributed by atoms with van der Waals surface area (Å²) in [6, 6.07) is 4.76. The van der Waals surface area contributed by atoms with Gasteiger partial charge in [0.1, 0.15) is 5.75 Å². The Hall–Kier alpha value is -1.73. The molecule has 0 saturated heterocycles. The molecule has 0 unspecified atom stereocenters. The van der Waals surface area contributed by atoms with Gasteiger partial charge in [0.25, 0.3) is 0 Å². The van der Waals surface area contributed by atoms with E-state index in [0.29, 0.717) is 23.0 Å². The van der Waals surface area contributed by atoms with Crippen LogP contribution < -0.4 is 15.4 Å². The molecular weight excluding hydrogens is 396 g/mol. The molecule has 0 aliphatic carbocycles. The van der Waals surface area contributed by atoms with Gasteiger partial charge in [-0.15, -0.1) is 0 Å². The van der Waals surface area contributed by atoms with Gasteiger partial charge in [0.2, 0.25) is 0 Å². The number of urea groups is 1. The van der Waals surface area contributed by atoms with Crippen molar-refractivity contribution in [3.05, 3.63) is 39.1 Å². The molecule has 0 aliphatic heterocycles. The highest BCUT2D eigenvalue weighted by molar-refractivity contribution is 9.10. The zero-order chi connectivity index (χ0) is 17.7. The topological polar surface area (TPSA) is 68.2 Å². The van der Waals surface area contributed by atoms with Crippen LogP contribution in [0.3, 0.4) is 0 Å². The first-order valence-electron chi connectivity index (χ1n) is 7.50. The first kappa shape index (κ1) is 18.6. The van der Waals surface area contributed by atoms with Crippen molar-refractivity contribution < 1.29 is 9.53 Å². The summed E-state index contributed by atoms with van der Waals surface area (Å²) in [4.78, 5) is 12.0. The third-order valence-corrected chi connectivity index (χ3v) is 4.92. The van der Waals surface area contributed by atoms with Crippen molar-refractivity contribution >= 4 is 39.2 Å². The Morgan fingerprint density at radius 1 is 1.42 bits per heavy atom. The average molecular weight is 416 g/mol. The van der Waals surface area contributed by atoms with Crippen LogP contribution in [0.4, 0.5) is 10.5 Å². The number of nitrogens with zero attached hydrogens (tertiary/aromatic N) is 2. The van der Waals surface area contributed by atoms with Crippen LogP contribution in [0, 0.1) is 13.8 Å². The molecule has 2 aromatic rings. The van der Waals surface area contributed by atoms with Gasteiger partial charge in [-0.3, -0.25) is 4.68 Å². The van der Waals surface area contributed by atoms with Crippen molar-refractivity contribution in [2.75, 3.05) is 19.0 Å². The first-order chi connectivity index (χ1) is 11.4. The number of aromatic nitrogens is 2. The number of hydrogen-bond acceptors (Lipinski definition) is 3. The number of benzene rings is 1. The lowest BCUT2D eigenvalue weighted by molar-refractivity contribution is 0.251. The fraction of sp³-hybridized carbons (Fsp3) is 0.375. The molecule has 0 saturated carbocycles. The quantitative estimate of drug-likeness (QED) is 0.697. The molecule has 1 aromatic heterocycles. The summed E-state index contributed by atoms with van der Waals surface area (Å²) in [5.74, 6) is 0.557. The second kappa shape index (κ2) is 8.39. The van der Waals surface area contributed by atoms with Crippen molar-refractivity contribution in [2.24, 2.45) is 0 Å². The molecule has 0 radical (unpaired) electrons. The van der Waals surface area contributed by atoms with Crippen LogP contribution in [0.15, 0.2) is 22.7 Å². The van der Waals surface area contributed by atoms with E-state index in [1.54, 1.807) is 25.3 Å². The lowest BCUT2D eigenvalue weighted by Crippen LogP contribution is -2.30. The summed E-state index contributed by atoms with van der Waals surface area (Å²) in [6.45, 7) is 5.23. The lowest BCUT2D eigenvalue weighted by atomic mass is 10.3. The number of rotatable bonds is 6. The molecule has 8 heteroatoms. The van der Waals surface area contributed by atoms with Gasteiger partial charge in [-0.05, 0) is 54.4 Å². The van der Waals surface area contributed by atoms with E-state index in [-0.39, 0.29) is 6.03 Å². The smallest absolute Gasteiger partial charge is 0.319 e. The summed E-state index contributed by atoms with van der Waals surface area (Å²) < 4.78 is 8.15. The highest BCUT2D eigenvalue weighted by Gasteiger charge is 2.09. The Labute approximate surface area is 154 Å². The van der Waals surface area contributed by atoms with Crippen LogP contribution in [0.5, 0.6) is 5.75 Å². The van der Waals surface area contributed by atoms with Crippen molar-refractivity contribution in [1.82, 2.24) is 15.1 Å². The minimum absolute atomic E-state index is 0.301. The largest absolute Gasteiger partial charge is 0.495 e. The van der Waals surface area contributed by atoms with Gasteiger partial charge in [-0.1, -0.05) is 11.6 Å². The fourth-order valence-corrected chi connectivity index (χ4v) is 2.72. The van der Waals surface area contributed by atoms with Crippen LogP contribution in [0.1, 0.15) is 17.8 Å². The molecule has 0 bridgehead atoms. The zero-order valence-electron chi connectivity index (χ0n) is 13.8. The standard InChI is InChI=1S/C16H20BrClN4O2/c1-10-15(17)11(2)22(21-10)8-4-7-19-16(23)20-13-9-12(18)5-6-14(13)24-3/h5-6,9H,4,7-8H2,1-3H3,(H2,19,20,23). The maximum Gasteiger partial charge on any atom is 0.319 e. The second-order valence-electron chi connectivity index (χ2n) is 5.29. The van der Waals surface area contributed by atoms with Crippen molar-refractivity contribution in [3.63, 3.8) is 0 Å². The number of carbonyl (C=O) groups excluding carboxylic acids is 1. The molecule has 2 rings (SSSR count). The van der Waals surface area contributed by atoms with Crippen LogP contribution in [0.25, 0.3) is 0 Å². The minimum atomic E-state index is -0.301. The van der Waals surface area contributed by atoms with Crippen LogP contribution >= 0.6 is 27.5 Å². The van der Waals surface area contributed by atoms with E-state index in [0.717, 1.165) is 28.8 Å². The number of anilines is 1. The molecule has 0 fully saturated rings. The second-order valence-corrected chi connectivity index (χ2v) is 6.52. The van der Waals surface area contributed by atoms with Crippen LogP contribution in [0.2, 0.25) is 5.02 Å². The first-order valence-corrected chi connectivity index (χ1v) is 8.67. The number of halogens is 2. The predicted octanol–water partition coefficient (Wildman–Crippen LogP) is 4.14. The summed E-state index contributed by atoms with van der Waals surface area (Å²) in [6.07, 6.45) is 0.772. The summed E-state index contributed by atoms with van der Waals surface area (Å²) in [7, 11) is 1.54. The van der Waals surface area contributed by atoms with Crippen molar-refractivity contribution in [3.8, 4) is 5.75 Å². The van der Waals surface area contributed by atoms with Gasteiger partial charge >= 0.3 is 6.03 Å². The number of carbonyl (C=O) groups is 1. The molecule has 0 aliphatic rings. The van der Waals surface area contributed by atoms with Gasteiger partial charge in [0.05, 0.1) is 23.0 Å². The lowest BCUT2D eigenvalue weighted by Gasteiger charge is -2.11.